The molecule has 1 rings (SSSR count). The minimum absolute atomic E-state index is 0.356. The van der Waals surface area contributed by atoms with Crippen LogP contribution in [-0.2, 0) is 9.53 Å². The van der Waals surface area contributed by atoms with Crippen LogP contribution in [0.15, 0.2) is 54.5 Å². The van der Waals surface area contributed by atoms with Crippen LogP contribution < -0.4 is 0 Å². The van der Waals surface area contributed by atoms with Crippen molar-refractivity contribution in [1.29, 1.82) is 0 Å². The molecule has 3 nitrogen and oxygen atoms in total. The van der Waals surface area contributed by atoms with E-state index in [4.69, 9.17) is 4.74 Å². The minimum atomic E-state index is -0.356. The highest BCUT2D eigenvalue weighted by molar-refractivity contribution is 5.68. The summed E-state index contributed by atoms with van der Waals surface area (Å²) in [6.45, 7) is 6.98. The van der Waals surface area contributed by atoms with Crippen LogP contribution in [0.2, 0.25) is 0 Å². The van der Waals surface area contributed by atoms with Gasteiger partial charge in [-0.25, -0.2) is 0 Å². The predicted octanol–water partition coefficient (Wildman–Crippen LogP) is 3.12. The fourth-order valence-electron chi connectivity index (χ4n) is 1.21. The van der Waals surface area contributed by atoms with Gasteiger partial charge in [-0.1, -0.05) is 12.6 Å². The van der Waals surface area contributed by atoms with Crippen LogP contribution in [-0.4, -0.2) is 11.0 Å². The molecule has 0 spiro atoms. The number of carbonyl (C=O) groups excluding carboxylic acids is 1. The van der Waals surface area contributed by atoms with Gasteiger partial charge in [-0.2, -0.15) is 0 Å². The van der Waals surface area contributed by atoms with Crippen LogP contribution in [0, 0.1) is 0 Å². The molecule has 88 valence electrons. The quantitative estimate of drug-likeness (QED) is 0.452. The molecular weight excluding hydrogens is 214 g/mol. The van der Waals surface area contributed by atoms with E-state index < -0.39 is 0 Å². The smallest absolute Gasteiger partial charge is 0.308 e. The molecule has 0 N–H and O–H groups in total. The van der Waals surface area contributed by atoms with Crippen LogP contribution in [0.25, 0.3) is 6.08 Å². The average Bonchev–Trinajstić information content (AvgIpc) is 2.34. The van der Waals surface area contributed by atoms with Gasteiger partial charge in [0.15, 0.2) is 0 Å². The van der Waals surface area contributed by atoms with E-state index in [1.54, 1.807) is 25.3 Å². The zero-order valence-corrected chi connectivity index (χ0v) is 10.0. The third kappa shape index (κ3) is 4.47. The Labute approximate surface area is 101 Å². The summed E-state index contributed by atoms with van der Waals surface area (Å²) in [4.78, 5) is 15.0. The van der Waals surface area contributed by atoms with Crippen molar-refractivity contribution in [3.63, 3.8) is 0 Å². The third-order valence-electron chi connectivity index (χ3n) is 1.98. The molecule has 0 aliphatic carbocycles. The van der Waals surface area contributed by atoms with E-state index >= 15 is 0 Å². The summed E-state index contributed by atoms with van der Waals surface area (Å²) >= 11 is 0. The summed E-state index contributed by atoms with van der Waals surface area (Å²) < 4.78 is 5.00. The van der Waals surface area contributed by atoms with E-state index in [-0.39, 0.29) is 5.97 Å². The first kappa shape index (κ1) is 12.9. The van der Waals surface area contributed by atoms with Crippen LogP contribution in [0.4, 0.5) is 0 Å². The zero-order valence-electron chi connectivity index (χ0n) is 10.0. The Morgan fingerprint density at radius 3 is 2.76 bits per heavy atom. The Balaban J connectivity index is 2.72. The first-order chi connectivity index (χ1) is 8.13. The molecule has 0 aliphatic heterocycles. The van der Waals surface area contributed by atoms with Gasteiger partial charge in [0, 0.05) is 18.7 Å². The Kier molecular flexibility index (Phi) is 4.88. The molecule has 0 unspecified atom stereocenters. The Hall–Kier alpha value is -2.16. The van der Waals surface area contributed by atoms with Gasteiger partial charge in [-0.05, 0) is 37.3 Å². The maximum absolute atomic E-state index is 10.9. The van der Waals surface area contributed by atoms with E-state index in [1.807, 2.05) is 24.3 Å². The molecule has 0 atom stereocenters. The monoisotopic (exact) mass is 229 g/mol. The maximum Gasteiger partial charge on any atom is 0.308 e. The highest BCUT2D eigenvalue weighted by Gasteiger charge is 2.02. The van der Waals surface area contributed by atoms with Gasteiger partial charge in [-0.3, -0.25) is 9.78 Å². The van der Waals surface area contributed by atoms with Gasteiger partial charge in [0.1, 0.15) is 5.76 Å². The summed E-state index contributed by atoms with van der Waals surface area (Å²) in [5.41, 5.74) is 1.46. The van der Waals surface area contributed by atoms with E-state index in [0.29, 0.717) is 11.3 Å². The van der Waals surface area contributed by atoms with Gasteiger partial charge in [0.2, 0.25) is 0 Å². The number of hydrogen-bond acceptors (Lipinski definition) is 3. The molecule has 1 aromatic heterocycles. The first-order valence-electron chi connectivity index (χ1n) is 5.26. The maximum atomic E-state index is 10.9. The van der Waals surface area contributed by atoms with Crippen LogP contribution in [0.1, 0.15) is 19.5 Å². The molecule has 0 bridgehead atoms. The molecule has 3 heteroatoms. The second-order valence-corrected chi connectivity index (χ2v) is 3.36. The van der Waals surface area contributed by atoms with Crippen molar-refractivity contribution in [3.05, 3.63) is 60.2 Å². The molecule has 17 heavy (non-hydrogen) atoms. The molecule has 0 saturated heterocycles. The SMILES string of the molecule is C=C(/C=C/c1ccccn1)/C(=C\C)OC(C)=O. The van der Waals surface area contributed by atoms with Gasteiger partial charge in [0.05, 0.1) is 5.69 Å². The standard InChI is InChI=1S/C14H15NO2/c1-4-14(17-12(3)16)11(2)8-9-13-7-5-6-10-15-13/h4-10H,2H2,1,3H3/b9-8+,14-4+. The number of carbonyl (C=O) groups is 1. The molecule has 0 aromatic carbocycles. The largest absolute Gasteiger partial charge is 0.426 e. The van der Waals surface area contributed by atoms with Crippen molar-refractivity contribution in [2.75, 3.05) is 0 Å². The van der Waals surface area contributed by atoms with Gasteiger partial charge < -0.3 is 4.74 Å². The van der Waals surface area contributed by atoms with Gasteiger partial charge >= 0.3 is 5.97 Å². The Morgan fingerprint density at radius 1 is 1.47 bits per heavy atom. The Bertz CT molecular complexity index is 458. The lowest BCUT2D eigenvalue weighted by atomic mass is 10.2. The van der Waals surface area contributed by atoms with Crippen LogP contribution >= 0.6 is 0 Å². The van der Waals surface area contributed by atoms with Crippen molar-refractivity contribution in [1.82, 2.24) is 4.98 Å². The molecule has 0 amide bonds. The highest BCUT2D eigenvalue weighted by Crippen LogP contribution is 2.12. The first-order valence-corrected chi connectivity index (χ1v) is 5.26. The summed E-state index contributed by atoms with van der Waals surface area (Å²) in [6, 6.07) is 5.63. The highest BCUT2D eigenvalue weighted by atomic mass is 16.5. The lowest BCUT2D eigenvalue weighted by molar-refractivity contribution is -0.136. The van der Waals surface area contributed by atoms with Gasteiger partial charge in [-0.15, -0.1) is 0 Å². The van der Waals surface area contributed by atoms with E-state index in [1.165, 1.54) is 6.92 Å². The summed E-state index contributed by atoms with van der Waals surface area (Å²) in [7, 11) is 0. The van der Waals surface area contributed by atoms with Crippen molar-refractivity contribution < 1.29 is 9.53 Å². The third-order valence-corrected chi connectivity index (χ3v) is 1.98. The van der Waals surface area contributed by atoms with Crippen molar-refractivity contribution in [2.45, 2.75) is 13.8 Å². The normalized spacial score (nSPS) is 11.5. The lowest BCUT2D eigenvalue weighted by Crippen LogP contribution is -1.99. The lowest BCUT2D eigenvalue weighted by Gasteiger charge is -2.05. The zero-order chi connectivity index (χ0) is 12.7. The summed E-state index contributed by atoms with van der Waals surface area (Å²) in [6.07, 6.45) is 6.99. The fraction of sp³-hybridized carbons (Fsp3) is 0.143. The summed E-state index contributed by atoms with van der Waals surface area (Å²) in [5, 5.41) is 0. The summed E-state index contributed by atoms with van der Waals surface area (Å²) in [5.74, 6) is 0.107. The van der Waals surface area contributed by atoms with Crippen molar-refractivity contribution in [2.24, 2.45) is 0 Å². The number of ether oxygens (including phenoxy) is 1. The van der Waals surface area contributed by atoms with E-state index in [2.05, 4.69) is 11.6 Å². The number of hydrogen-bond donors (Lipinski definition) is 0. The molecule has 0 fully saturated rings. The fourth-order valence-corrected chi connectivity index (χ4v) is 1.21. The number of pyridine rings is 1. The second kappa shape index (κ2) is 6.43. The topological polar surface area (TPSA) is 39.2 Å². The van der Waals surface area contributed by atoms with Crippen molar-refractivity contribution >= 4 is 12.0 Å². The average molecular weight is 229 g/mol. The van der Waals surface area contributed by atoms with Crippen LogP contribution in [0.3, 0.4) is 0 Å². The molecular formula is C14H15NO2. The molecule has 0 saturated carbocycles. The predicted molar refractivity (Wildman–Crippen MR) is 67.9 cm³/mol. The number of allylic oxidation sites excluding steroid dienone is 2. The number of nitrogens with zero attached hydrogens (tertiary/aromatic N) is 1. The minimum Gasteiger partial charge on any atom is -0.426 e. The number of aromatic nitrogens is 1. The molecule has 1 heterocycles. The van der Waals surface area contributed by atoms with E-state index in [9.17, 15) is 4.79 Å². The molecule has 0 radical (unpaired) electrons. The van der Waals surface area contributed by atoms with Crippen molar-refractivity contribution in [3.8, 4) is 0 Å². The van der Waals surface area contributed by atoms with E-state index in [0.717, 1.165) is 5.69 Å². The Morgan fingerprint density at radius 2 is 2.24 bits per heavy atom. The molecule has 1 aromatic rings. The molecule has 0 aliphatic rings. The van der Waals surface area contributed by atoms with Gasteiger partial charge in [0.25, 0.3) is 0 Å². The number of esters is 1. The number of rotatable bonds is 4. The van der Waals surface area contributed by atoms with Crippen LogP contribution in [0.5, 0.6) is 0 Å². The second-order valence-electron chi connectivity index (χ2n) is 3.36.